The number of carbonyl (C=O) groups excluding carboxylic acids is 1. The van der Waals surface area contributed by atoms with Crippen molar-refractivity contribution in [3.63, 3.8) is 0 Å². The van der Waals surface area contributed by atoms with Crippen LogP contribution in [-0.2, 0) is 18.3 Å². The van der Waals surface area contributed by atoms with Gasteiger partial charge in [-0.2, -0.15) is 10.5 Å². The standard InChI is InChI=1S/C33H34N8O3/c1-20(2)41-18-22(17-36-9-10-44-4)12-28(33(41)43)32(42)39-30-14-24(13-29(38-30)23-6-7-23)26-8-5-21(15-34)11-27(26)31-37-25(16-35)19-40(31)3/h5,8,11-14,18-20,23,36H,6-7,9-10,17H2,1-4H3,(H,38,39,42). The molecular weight excluding hydrogens is 556 g/mol. The number of anilines is 1. The summed E-state index contributed by atoms with van der Waals surface area (Å²) in [6.45, 7) is 5.44. The van der Waals surface area contributed by atoms with Crippen LogP contribution in [0, 0.1) is 22.7 Å². The van der Waals surface area contributed by atoms with E-state index in [1.54, 1.807) is 60.0 Å². The Bertz CT molecular complexity index is 1850. The first-order valence-corrected chi connectivity index (χ1v) is 14.5. The maximum Gasteiger partial charge on any atom is 0.263 e. The van der Waals surface area contributed by atoms with Crippen molar-refractivity contribution in [2.45, 2.75) is 45.2 Å². The van der Waals surface area contributed by atoms with E-state index < -0.39 is 5.91 Å². The summed E-state index contributed by atoms with van der Waals surface area (Å²) in [4.78, 5) is 36.2. The molecule has 44 heavy (non-hydrogen) atoms. The molecule has 11 heteroatoms. The molecule has 1 aliphatic rings. The number of nitrogens with one attached hydrogen (secondary N) is 2. The second-order valence-electron chi connectivity index (χ2n) is 11.2. The maximum atomic E-state index is 13.7. The molecule has 0 atom stereocenters. The van der Waals surface area contributed by atoms with E-state index in [-0.39, 0.29) is 28.8 Å². The third-order valence-corrected chi connectivity index (χ3v) is 7.49. The lowest BCUT2D eigenvalue weighted by Gasteiger charge is -2.16. The van der Waals surface area contributed by atoms with Crippen molar-refractivity contribution < 1.29 is 9.53 Å². The zero-order valence-corrected chi connectivity index (χ0v) is 25.2. The molecular formula is C33H34N8O3. The third-order valence-electron chi connectivity index (χ3n) is 7.49. The average molecular weight is 591 g/mol. The Hall–Kier alpha value is -5.10. The van der Waals surface area contributed by atoms with Crippen LogP contribution in [0.5, 0.6) is 0 Å². The van der Waals surface area contributed by atoms with Gasteiger partial charge in [0.2, 0.25) is 0 Å². The molecule has 1 aromatic carbocycles. The van der Waals surface area contributed by atoms with Crippen LogP contribution in [0.1, 0.15) is 71.5 Å². The molecule has 0 unspecified atom stereocenters. The van der Waals surface area contributed by atoms with Crippen molar-refractivity contribution in [2.24, 2.45) is 7.05 Å². The number of hydrogen-bond donors (Lipinski definition) is 2. The Labute approximate surface area is 255 Å². The van der Waals surface area contributed by atoms with Crippen molar-refractivity contribution in [3.05, 3.63) is 87.2 Å². The predicted molar refractivity (Wildman–Crippen MR) is 166 cm³/mol. The molecule has 0 bridgehead atoms. The zero-order chi connectivity index (χ0) is 31.4. The molecule has 0 spiro atoms. The van der Waals surface area contributed by atoms with Crippen molar-refractivity contribution in [1.29, 1.82) is 10.5 Å². The first-order chi connectivity index (χ1) is 21.2. The van der Waals surface area contributed by atoms with Crippen LogP contribution in [0.4, 0.5) is 5.82 Å². The normalized spacial score (nSPS) is 12.6. The highest BCUT2D eigenvalue weighted by molar-refractivity contribution is 6.04. The molecule has 0 saturated heterocycles. The van der Waals surface area contributed by atoms with Gasteiger partial charge in [0.25, 0.3) is 11.5 Å². The number of nitriles is 2. The minimum absolute atomic E-state index is 0.0287. The molecule has 0 aliphatic heterocycles. The maximum absolute atomic E-state index is 13.7. The molecule has 1 saturated carbocycles. The van der Waals surface area contributed by atoms with Gasteiger partial charge < -0.3 is 24.5 Å². The van der Waals surface area contributed by atoms with Crippen LogP contribution in [0.25, 0.3) is 22.5 Å². The quantitative estimate of drug-likeness (QED) is 0.242. The molecule has 1 fully saturated rings. The summed E-state index contributed by atoms with van der Waals surface area (Å²) >= 11 is 0. The van der Waals surface area contributed by atoms with Crippen molar-refractivity contribution >= 4 is 11.7 Å². The van der Waals surface area contributed by atoms with Gasteiger partial charge in [-0.1, -0.05) is 6.07 Å². The summed E-state index contributed by atoms with van der Waals surface area (Å²) in [5.74, 6) is 0.582. The van der Waals surface area contributed by atoms with E-state index in [4.69, 9.17) is 9.72 Å². The van der Waals surface area contributed by atoms with Crippen LogP contribution in [0.3, 0.4) is 0 Å². The van der Waals surface area contributed by atoms with Crippen LogP contribution in [0.15, 0.2) is 53.6 Å². The van der Waals surface area contributed by atoms with Gasteiger partial charge in [-0.05, 0) is 73.7 Å². The smallest absolute Gasteiger partial charge is 0.263 e. The largest absolute Gasteiger partial charge is 0.383 e. The van der Waals surface area contributed by atoms with Crippen LogP contribution in [-0.4, -0.2) is 45.3 Å². The third kappa shape index (κ3) is 6.60. The SMILES string of the molecule is COCCNCc1cc(C(=O)Nc2cc(-c3ccc(C#N)cc3-c3nc(C#N)cn3C)cc(C3CC3)n2)c(=O)n(C(C)C)c1. The number of carbonyl (C=O) groups is 1. The summed E-state index contributed by atoms with van der Waals surface area (Å²) in [6.07, 6.45) is 5.39. The van der Waals surface area contributed by atoms with Gasteiger partial charge in [-0.3, -0.25) is 9.59 Å². The fourth-order valence-electron chi connectivity index (χ4n) is 5.08. The minimum atomic E-state index is -0.544. The monoisotopic (exact) mass is 590 g/mol. The Morgan fingerprint density at radius 1 is 1.09 bits per heavy atom. The Morgan fingerprint density at radius 3 is 2.55 bits per heavy atom. The van der Waals surface area contributed by atoms with Gasteiger partial charge in [-0.25, -0.2) is 9.97 Å². The van der Waals surface area contributed by atoms with Gasteiger partial charge in [0.15, 0.2) is 5.69 Å². The number of hydrogen-bond acceptors (Lipinski definition) is 8. The van der Waals surface area contributed by atoms with Gasteiger partial charge in [-0.15, -0.1) is 0 Å². The molecule has 1 aliphatic carbocycles. The van der Waals surface area contributed by atoms with Crippen molar-refractivity contribution in [2.75, 3.05) is 25.6 Å². The predicted octanol–water partition coefficient (Wildman–Crippen LogP) is 4.50. The highest BCUT2D eigenvalue weighted by atomic mass is 16.5. The molecule has 3 heterocycles. The Morgan fingerprint density at radius 2 is 1.89 bits per heavy atom. The van der Waals surface area contributed by atoms with Gasteiger partial charge in [0.05, 0.1) is 18.2 Å². The molecule has 2 N–H and O–H groups in total. The summed E-state index contributed by atoms with van der Waals surface area (Å²) in [5.41, 5.74) is 4.22. The highest BCUT2D eigenvalue weighted by Gasteiger charge is 2.27. The minimum Gasteiger partial charge on any atom is -0.383 e. The van der Waals surface area contributed by atoms with E-state index in [0.717, 1.165) is 35.2 Å². The fraction of sp³-hybridized carbons (Fsp3) is 0.333. The Kier molecular flexibility index (Phi) is 9.00. The summed E-state index contributed by atoms with van der Waals surface area (Å²) < 4.78 is 8.41. The van der Waals surface area contributed by atoms with E-state index in [2.05, 4.69) is 27.8 Å². The van der Waals surface area contributed by atoms with Gasteiger partial charge in [0.1, 0.15) is 23.3 Å². The number of nitrogens with zero attached hydrogens (tertiary/aromatic N) is 6. The Balaban J connectivity index is 1.55. The number of imidazole rings is 1. The van der Waals surface area contributed by atoms with Crippen LogP contribution < -0.4 is 16.2 Å². The number of aryl methyl sites for hydroxylation is 1. The lowest BCUT2D eigenvalue weighted by molar-refractivity contribution is 0.102. The molecule has 11 nitrogen and oxygen atoms in total. The van der Waals surface area contributed by atoms with Crippen molar-refractivity contribution in [3.8, 4) is 34.7 Å². The number of rotatable bonds is 11. The molecule has 5 rings (SSSR count). The molecule has 1 amide bonds. The first kappa shape index (κ1) is 30.4. The molecule has 4 aromatic rings. The number of pyridine rings is 2. The van der Waals surface area contributed by atoms with E-state index in [0.29, 0.717) is 42.5 Å². The van der Waals surface area contributed by atoms with E-state index >= 15 is 0 Å². The van der Waals surface area contributed by atoms with Crippen LogP contribution >= 0.6 is 0 Å². The molecule has 3 aromatic heterocycles. The van der Waals surface area contributed by atoms with E-state index in [1.165, 1.54) is 0 Å². The lowest BCUT2D eigenvalue weighted by Crippen LogP contribution is -2.31. The van der Waals surface area contributed by atoms with E-state index in [1.807, 2.05) is 26.0 Å². The number of aromatic nitrogens is 4. The number of ether oxygens (including phenoxy) is 1. The van der Waals surface area contributed by atoms with Gasteiger partial charge >= 0.3 is 0 Å². The average Bonchev–Trinajstić information content (AvgIpc) is 3.80. The van der Waals surface area contributed by atoms with Crippen LogP contribution in [0.2, 0.25) is 0 Å². The second-order valence-corrected chi connectivity index (χ2v) is 11.2. The number of methoxy groups -OCH3 is 1. The molecule has 0 radical (unpaired) electrons. The number of amides is 1. The zero-order valence-electron chi connectivity index (χ0n) is 25.2. The number of benzene rings is 1. The topological polar surface area (TPSA) is 151 Å². The van der Waals surface area contributed by atoms with Crippen molar-refractivity contribution in [1.82, 2.24) is 24.4 Å². The highest BCUT2D eigenvalue weighted by Crippen LogP contribution is 2.42. The lowest BCUT2D eigenvalue weighted by atomic mass is 9.96. The molecule has 224 valence electrons. The summed E-state index contributed by atoms with van der Waals surface area (Å²) in [5, 5.41) is 25.2. The van der Waals surface area contributed by atoms with E-state index in [9.17, 15) is 20.1 Å². The van der Waals surface area contributed by atoms with Gasteiger partial charge in [0, 0.05) is 62.9 Å². The summed E-state index contributed by atoms with van der Waals surface area (Å²) in [7, 11) is 3.43. The first-order valence-electron chi connectivity index (χ1n) is 14.5. The summed E-state index contributed by atoms with van der Waals surface area (Å²) in [6, 6.07) is 14.8. The second kappa shape index (κ2) is 13.0. The fourth-order valence-corrected chi connectivity index (χ4v) is 5.08.